The van der Waals surface area contributed by atoms with E-state index in [1.54, 1.807) is 0 Å². The van der Waals surface area contributed by atoms with Gasteiger partial charge in [-0.1, -0.05) is 63.3 Å². The Morgan fingerprint density at radius 2 is 1.70 bits per heavy atom. The van der Waals surface area contributed by atoms with Crippen molar-refractivity contribution in [2.75, 3.05) is 20.2 Å². The molecule has 0 heterocycles. The van der Waals surface area contributed by atoms with Crippen molar-refractivity contribution in [3.8, 4) is 5.75 Å². The molecule has 0 atom stereocenters. The van der Waals surface area contributed by atoms with Gasteiger partial charge in [0, 0.05) is 6.54 Å². The number of nitrogens with one attached hydrogen (secondary N) is 1. The van der Waals surface area contributed by atoms with E-state index in [9.17, 15) is 0 Å². The van der Waals surface area contributed by atoms with E-state index in [0.29, 0.717) is 0 Å². The number of unbranched alkanes of at least 4 members (excludes halogenated alkanes) is 5. The molecule has 1 aromatic rings. The zero-order valence-electron chi connectivity index (χ0n) is 13.0. The van der Waals surface area contributed by atoms with Gasteiger partial charge in [-0.25, -0.2) is 0 Å². The van der Waals surface area contributed by atoms with Crippen molar-refractivity contribution >= 4 is 6.08 Å². The predicted octanol–water partition coefficient (Wildman–Crippen LogP) is 4.66. The molecule has 112 valence electrons. The molecule has 0 unspecified atom stereocenters. The monoisotopic (exact) mass is 275 g/mol. The standard InChI is InChI=1S/C18H29NO/c1-3-4-5-6-7-8-16-20-18-13-11-17(12-14-18)10-9-15-19-2/h9-14,19H,3-8,15-16H2,1-2H3. The van der Waals surface area contributed by atoms with E-state index in [-0.39, 0.29) is 0 Å². The van der Waals surface area contributed by atoms with Crippen LogP contribution in [0.2, 0.25) is 0 Å². The third kappa shape index (κ3) is 8.00. The Bertz CT molecular complexity index is 356. The molecule has 1 rings (SSSR count). The summed E-state index contributed by atoms with van der Waals surface area (Å²) in [5, 5.41) is 3.09. The highest BCUT2D eigenvalue weighted by atomic mass is 16.5. The molecule has 2 nitrogen and oxygen atoms in total. The molecule has 2 heteroatoms. The van der Waals surface area contributed by atoms with Crippen LogP contribution in [-0.2, 0) is 0 Å². The van der Waals surface area contributed by atoms with E-state index in [2.05, 4.69) is 48.7 Å². The molecule has 0 radical (unpaired) electrons. The minimum absolute atomic E-state index is 0.834. The lowest BCUT2D eigenvalue weighted by Gasteiger charge is -2.06. The number of hydrogen-bond acceptors (Lipinski definition) is 2. The van der Waals surface area contributed by atoms with Crippen LogP contribution in [0.4, 0.5) is 0 Å². The van der Waals surface area contributed by atoms with Crippen LogP contribution in [0.5, 0.6) is 5.75 Å². The van der Waals surface area contributed by atoms with Gasteiger partial charge in [-0.15, -0.1) is 0 Å². The average molecular weight is 275 g/mol. The third-order valence-electron chi connectivity index (χ3n) is 3.28. The summed E-state index contributed by atoms with van der Waals surface area (Å²) in [6.45, 7) is 3.98. The van der Waals surface area contributed by atoms with Gasteiger partial charge in [0.05, 0.1) is 6.61 Å². The van der Waals surface area contributed by atoms with Crippen molar-refractivity contribution in [1.29, 1.82) is 0 Å². The molecule has 0 fully saturated rings. The zero-order valence-corrected chi connectivity index (χ0v) is 13.0. The summed E-state index contributed by atoms with van der Waals surface area (Å²) in [7, 11) is 1.95. The van der Waals surface area contributed by atoms with Gasteiger partial charge in [-0.2, -0.15) is 0 Å². The highest BCUT2D eigenvalue weighted by molar-refractivity contribution is 5.50. The predicted molar refractivity (Wildman–Crippen MR) is 88.3 cm³/mol. The molecular weight excluding hydrogens is 246 g/mol. The molecule has 0 aromatic heterocycles. The summed E-state index contributed by atoms with van der Waals surface area (Å²) >= 11 is 0. The van der Waals surface area contributed by atoms with Crippen molar-refractivity contribution in [2.45, 2.75) is 45.4 Å². The second-order valence-corrected chi connectivity index (χ2v) is 5.15. The lowest BCUT2D eigenvalue weighted by Crippen LogP contribution is -2.03. The summed E-state index contributed by atoms with van der Waals surface area (Å²) in [4.78, 5) is 0. The van der Waals surface area contributed by atoms with E-state index >= 15 is 0 Å². The van der Waals surface area contributed by atoms with Crippen molar-refractivity contribution in [3.63, 3.8) is 0 Å². The normalized spacial score (nSPS) is 11.1. The fourth-order valence-electron chi connectivity index (χ4n) is 2.06. The quantitative estimate of drug-likeness (QED) is 0.593. The van der Waals surface area contributed by atoms with Crippen LogP contribution in [0, 0.1) is 0 Å². The van der Waals surface area contributed by atoms with E-state index in [1.165, 1.54) is 37.7 Å². The van der Waals surface area contributed by atoms with Gasteiger partial charge in [0.25, 0.3) is 0 Å². The van der Waals surface area contributed by atoms with E-state index in [1.807, 2.05) is 7.05 Å². The van der Waals surface area contributed by atoms with Crippen LogP contribution in [-0.4, -0.2) is 20.2 Å². The molecule has 0 amide bonds. The van der Waals surface area contributed by atoms with Gasteiger partial charge in [0.2, 0.25) is 0 Å². The first-order valence-corrected chi connectivity index (χ1v) is 7.91. The topological polar surface area (TPSA) is 21.3 Å². The van der Waals surface area contributed by atoms with Gasteiger partial charge in [-0.05, 0) is 31.2 Å². The molecule has 1 N–H and O–H groups in total. The average Bonchev–Trinajstić information content (AvgIpc) is 2.48. The fourth-order valence-corrected chi connectivity index (χ4v) is 2.06. The summed E-state index contributed by atoms with van der Waals surface area (Å²) in [5.41, 5.74) is 1.21. The Morgan fingerprint density at radius 3 is 2.40 bits per heavy atom. The van der Waals surface area contributed by atoms with Crippen LogP contribution in [0.1, 0.15) is 51.0 Å². The van der Waals surface area contributed by atoms with Gasteiger partial charge in [-0.3, -0.25) is 0 Å². The largest absolute Gasteiger partial charge is 0.494 e. The maximum absolute atomic E-state index is 5.76. The van der Waals surface area contributed by atoms with Gasteiger partial charge >= 0.3 is 0 Å². The minimum atomic E-state index is 0.834. The van der Waals surface area contributed by atoms with E-state index in [4.69, 9.17) is 4.74 Å². The summed E-state index contributed by atoms with van der Waals surface area (Å²) in [6.07, 6.45) is 12.1. The van der Waals surface area contributed by atoms with Crippen LogP contribution in [0.15, 0.2) is 30.3 Å². The lowest BCUT2D eigenvalue weighted by molar-refractivity contribution is 0.304. The third-order valence-corrected chi connectivity index (χ3v) is 3.28. The van der Waals surface area contributed by atoms with Gasteiger partial charge in [0.15, 0.2) is 0 Å². The van der Waals surface area contributed by atoms with Crippen molar-refractivity contribution in [1.82, 2.24) is 5.32 Å². The van der Waals surface area contributed by atoms with Gasteiger partial charge < -0.3 is 10.1 Å². The van der Waals surface area contributed by atoms with E-state index in [0.717, 1.165) is 25.3 Å². The maximum atomic E-state index is 5.76. The number of rotatable bonds is 11. The number of hydrogen-bond donors (Lipinski definition) is 1. The number of likely N-dealkylation sites (N-methyl/N-ethyl adjacent to an activating group) is 1. The molecule has 0 saturated carbocycles. The van der Waals surface area contributed by atoms with E-state index < -0.39 is 0 Å². The molecule has 0 spiro atoms. The molecule has 0 aliphatic carbocycles. The van der Waals surface area contributed by atoms with Crippen molar-refractivity contribution in [2.24, 2.45) is 0 Å². The molecule has 0 saturated heterocycles. The lowest BCUT2D eigenvalue weighted by atomic mass is 10.1. The second-order valence-electron chi connectivity index (χ2n) is 5.15. The van der Waals surface area contributed by atoms with Crippen molar-refractivity contribution < 1.29 is 4.74 Å². The highest BCUT2D eigenvalue weighted by Gasteiger charge is 1.94. The molecule has 1 aromatic carbocycles. The summed E-state index contributed by atoms with van der Waals surface area (Å²) in [6, 6.07) is 8.30. The molecule has 20 heavy (non-hydrogen) atoms. The molecule has 0 aliphatic rings. The molecule has 0 bridgehead atoms. The Balaban J connectivity index is 2.15. The summed E-state index contributed by atoms with van der Waals surface area (Å²) < 4.78 is 5.76. The Labute approximate surface area is 124 Å². The van der Waals surface area contributed by atoms with Crippen LogP contribution in [0.25, 0.3) is 6.08 Å². The van der Waals surface area contributed by atoms with Crippen molar-refractivity contribution in [3.05, 3.63) is 35.9 Å². The van der Waals surface area contributed by atoms with Crippen LogP contribution in [0.3, 0.4) is 0 Å². The SMILES string of the molecule is CCCCCCCCOc1ccc(C=CCNC)cc1. The maximum Gasteiger partial charge on any atom is 0.119 e. The first-order valence-electron chi connectivity index (χ1n) is 7.91. The number of ether oxygens (including phenoxy) is 1. The van der Waals surface area contributed by atoms with Gasteiger partial charge in [0.1, 0.15) is 5.75 Å². The Kier molecular flexibility index (Phi) is 9.68. The second kappa shape index (κ2) is 11.5. The Morgan fingerprint density at radius 1 is 1.00 bits per heavy atom. The van der Waals surface area contributed by atoms with Crippen LogP contribution >= 0.6 is 0 Å². The molecular formula is C18H29NO. The van der Waals surface area contributed by atoms with Crippen LogP contribution < -0.4 is 10.1 Å². The smallest absolute Gasteiger partial charge is 0.119 e. The Hall–Kier alpha value is -1.28. The first kappa shape index (κ1) is 16.8. The first-order chi connectivity index (χ1) is 9.86. The highest BCUT2D eigenvalue weighted by Crippen LogP contribution is 2.14. The fraction of sp³-hybridized carbons (Fsp3) is 0.556. The summed E-state index contributed by atoms with van der Waals surface area (Å²) in [5.74, 6) is 0.976. The zero-order chi connectivity index (χ0) is 14.5. The number of benzene rings is 1. The molecule has 0 aliphatic heterocycles. The minimum Gasteiger partial charge on any atom is -0.494 e.